The lowest BCUT2D eigenvalue weighted by Gasteiger charge is -2.27. The topological polar surface area (TPSA) is 71.7 Å². The molecule has 154 valence electrons. The van der Waals surface area contributed by atoms with E-state index in [-0.39, 0.29) is 18.1 Å². The average molecular weight is 396 g/mol. The summed E-state index contributed by atoms with van der Waals surface area (Å²) in [5.74, 6) is 2.48. The minimum Gasteiger partial charge on any atom is -0.423 e. The molecule has 7 heteroatoms. The van der Waals surface area contributed by atoms with Crippen molar-refractivity contribution in [2.45, 2.75) is 70.1 Å². The Labute approximate surface area is 171 Å². The summed E-state index contributed by atoms with van der Waals surface area (Å²) < 4.78 is 6.09. The molecule has 2 bridgehead atoms. The van der Waals surface area contributed by atoms with Gasteiger partial charge in [-0.3, -0.25) is 4.84 Å². The van der Waals surface area contributed by atoms with Gasteiger partial charge in [0.15, 0.2) is 0 Å². The maximum atomic E-state index is 13.0. The molecule has 0 spiro atoms. The summed E-state index contributed by atoms with van der Waals surface area (Å²) in [7, 11) is 0. The molecule has 5 rings (SSSR count). The molecule has 2 amide bonds. The molecule has 0 N–H and O–H groups in total. The molecule has 0 unspecified atom stereocenters. The third-order valence-electron chi connectivity index (χ3n) is 6.64. The van der Waals surface area contributed by atoms with Crippen LogP contribution in [0.4, 0.5) is 4.79 Å². The van der Waals surface area contributed by atoms with Crippen molar-refractivity contribution in [1.82, 2.24) is 20.2 Å². The lowest BCUT2D eigenvalue weighted by molar-refractivity contribution is -0.140. The SMILES string of the molecule is C[C@H]1CC[C@@H](c2nnc([C@@H]3CC[C@@H]4CN3C(=O)N4OCc3ccccc3)o2)CC1. The van der Waals surface area contributed by atoms with Gasteiger partial charge in [-0.05, 0) is 50.0 Å². The fourth-order valence-electron chi connectivity index (χ4n) is 4.83. The second-order valence-corrected chi connectivity index (χ2v) is 8.70. The average Bonchev–Trinajstić information content (AvgIpc) is 3.33. The number of rotatable bonds is 5. The Morgan fingerprint density at radius 3 is 2.59 bits per heavy atom. The van der Waals surface area contributed by atoms with Crippen molar-refractivity contribution >= 4 is 6.03 Å². The Kier molecular flexibility index (Phi) is 4.99. The number of nitrogens with zero attached hydrogens (tertiary/aromatic N) is 4. The predicted molar refractivity (Wildman–Crippen MR) is 106 cm³/mol. The van der Waals surface area contributed by atoms with Crippen LogP contribution in [0.1, 0.15) is 74.8 Å². The minimum atomic E-state index is -0.146. The third-order valence-corrected chi connectivity index (χ3v) is 6.64. The van der Waals surface area contributed by atoms with Crippen LogP contribution in [0.3, 0.4) is 0 Å². The number of benzene rings is 1. The molecule has 0 radical (unpaired) electrons. The second-order valence-electron chi connectivity index (χ2n) is 8.70. The van der Waals surface area contributed by atoms with E-state index in [2.05, 4.69) is 17.1 Å². The maximum absolute atomic E-state index is 13.0. The van der Waals surface area contributed by atoms with E-state index in [1.165, 1.54) is 12.8 Å². The summed E-state index contributed by atoms with van der Waals surface area (Å²) in [6.07, 6.45) is 6.35. The van der Waals surface area contributed by atoms with Crippen LogP contribution in [-0.2, 0) is 11.4 Å². The number of aromatic nitrogens is 2. The van der Waals surface area contributed by atoms with Gasteiger partial charge in [-0.1, -0.05) is 37.3 Å². The summed E-state index contributed by atoms with van der Waals surface area (Å²) in [5, 5.41) is 10.2. The minimum absolute atomic E-state index is 0.0877. The van der Waals surface area contributed by atoms with Crippen LogP contribution in [0.2, 0.25) is 0 Å². The van der Waals surface area contributed by atoms with Crippen LogP contribution in [0.15, 0.2) is 34.7 Å². The van der Waals surface area contributed by atoms with Gasteiger partial charge in [0.25, 0.3) is 0 Å². The van der Waals surface area contributed by atoms with E-state index >= 15 is 0 Å². The molecule has 1 aromatic carbocycles. The van der Waals surface area contributed by atoms with Gasteiger partial charge < -0.3 is 9.32 Å². The number of carbonyl (C=O) groups is 1. The lowest BCUT2D eigenvalue weighted by Crippen LogP contribution is -2.34. The van der Waals surface area contributed by atoms with E-state index in [9.17, 15) is 4.79 Å². The fraction of sp³-hybridized carbons (Fsp3) is 0.591. The van der Waals surface area contributed by atoms with Crippen molar-refractivity contribution in [3.05, 3.63) is 47.7 Å². The number of amides is 2. The largest absolute Gasteiger partial charge is 0.423 e. The number of fused-ring (bicyclic) bond motifs is 2. The van der Waals surface area contributed by atoms with Crippen molar-refractivity contribution in [3.63, 3.8) is 0 Å². The van der Waals surface area contributed by atoms with E-state index in [0.29, 0.717) is 25.0 Å². The first kappa shape index (κ1) is 18.6. The Morgan fingerprint density at radius 1 is 1.03 bits per heavy atom. The van der Waals surface area contributed by atoms with Gasteiger partial charge >= 0.3 is 6.03 Å². The van der Waals surface area contributed by atoms with Crippen LogP contribution in [0.5, 0.6) is 0 Å². The van der Waals surface area contributed by atoms with Gasteiger partial charge in [-0.15, -0.1) is 10.2 Å². The molecule has 1 aromatic heterocycles. The summed E-state index contributed by atoms with van der Waals surface area (Å²) in [6, 6.07) is 9.77. The molecular formula is C22H28N4O3. The Hall–Kier alpha value is -2.41. The van der Waals surface area contributed by atoms with Crippen LogP contribution < -0.4 is 0 Å². The van der Waals surface area contributed by atoms with Crippen molar-refractivity contribution in [2.24, 2.45) is 5.92 Å². The first-order valence-electron chi connectivity index (χ1n) is 10.8. The summed E-state index contributed by atoms with van der Waals surface area (Å²) >= 11 is 0. The highest BCUT2D eigenvalue weighted by molar-refractivity contribution is 5.77. The summed E-state index contributed by atoms with van der Waals surface area (Å²) in [4.78, 5) is 20.7. The molecule has 3 aliphatic rings. The fourth-order valence-corrected chi connectivity index (χ4v) is 4.83. The molecule has 2 aliphatic heterocycles. The highest BCUT2D eigenvalue weighted by atomic mass is 16.7. The van der Waals surface area contributed by atoms with Crippen LogP contribution in [-0.4, -0.2) is 38.8 Å². The number of carbonyl (C=O) groups excluding carboxylic acids is 1. The van der Waals surface area contributed by atoms with Gasteiger partial charge in [0, 0.05) is 12.5 Å². The number of hydrogen-bond donors (Lipinski definition) is 0. The highest BCUT2D eigenvalue weighted by Crippen LogP contribution is 2.40. The molecule has 1 aliphatic carbocycles. The number of piperidine rings is 1. The standard InChI is InChI=1S/C22H28N4O3/c1-15-7-9-17(10-8-15)20-23-24-21(29-20)19-12-11-18-13-25(19)22(27)26(18)28-14-16-5-3-2-4-6-16/h2-6,15,17-19H,7-14H2,1H3/t15-,17+,18-,19+/m1/s1. The molecule has 2 saturated heterocycles. The zero-order valence-corrected chi connectivity index (χ0v) is 16.9. The molecule has 7 nitrogen and oxygen atoms in total. The molecular weight excluding hydrogens is 368 g/mol. The maximum Gasteiger partial charge on any atom is 0.345 e. The predicted octanol–water partition coefficient (Wildman–Crippen LogP) is 4.44. The molecule has 3 fully saturated rings. The molecule has 29 heavy (non-hydrogen) atoms. The zero-order valence-electron chi connectivity index (χ0n) is 16.9. The number of hydroxylamine groups is 2. The second kappa shape index (κ2) is 7.78. The Morgan fingerprint density at radius 2 is 1.79 bits per heavy atom. The van der Waals surface area contributed by atoms with Crippen molar-refractivity contribution in [1.29, 1.82) is 0 Å². The lowest BCUT2D eigenvalue weighted by atomic mass is 9.83. The summed E-state index contributed by atoms with van der Waals surface area (Å²) in [6.45, 7) is 3.35. The number of urea groups is 1. The first-order valence-corrected chi connectivity index (χ1v) is 10.8. The van der Waals surface area contributed by atoms with Crippen LogP contribution >= 0.6 is 0 Å². The van der Waals surface area contributed by atoms with E-state index < -0.39 is 0 Å². The van der Waals surface area contributed by atoms with Crippen LogP contribution in [0.25, 0.3) is 0 Å². The van der Waals surface area contributed by atoms with E-state index in [0.717, 1.165) is 43.1 Å². The van der Waals surface area contributed by atoms with Gasteiger partial charge in [-0.2, -0.15) is 5.06 Å². The zero-order chi connectivity index (χ0) is 19.8. The van der Waals surface area contributed by atoms with E-state index in [4.69, 9.17) is 9.25 Å². The van der Waals surface area contributed by atoms with E-state index in [1.807, 2.05) is 35.2 Å². The van der Waals surface area contributed by atoms with Gasteiger partial charge in [0.2, 0.25) is 11.8 Å². The molecule has 2 atom stereocenters. The van der Waals surface area contributed by atoms with Crippen LogP contribution in [0, 0.1) is 5.92 Å². The van der Waals surface area contributed by atoms with Gasteiger partial charge in [-0.25, -0.2) is 4.79 Å². The normalized spacial score (nSPS) is 29.5. The van der Waals surface area contributed by atoms with Gasteiger partial charge in [0.05, 0.1) is 6.04 Å². The highest BCUT2D eigenvalue weighted by Gasteiger charge is 2.47. The van der Waals surface area contributed by atoms with Crippen molar-refractivity contribution < 1.29 is 14.0 Å². The third kappa shape index (κ3) is 3.64. The quantitative estimate of drug-likeness (QED) is 0.747. The van der Waals surface area contributed by atoms with Crippen molar-refractivity contribution in [3.8, 4) is 0 Å². The summed E-state index contributed by atoms with van der Waals surface area (Å²) in [5.41, 5.74) is 1.05. The van der Waals surface area contributed by atoms with E-state index in [1.54, 1.807) is 5.06 Å². The molecule has 3 heterocycles. The smallest absolute Gasteiger partial charge is 0.345 e. The Bertz CT molecular complexity index is 847. The van der Waals surface area contributed by atoms with Crippen molar-refractivity contribution in [2.75, 3.05) is 6.54 Å². The molecule has 1 saturated carbocycles. The monoisotopic (exact) mass is 396 g/mol. The molecule has 2 aromatic rings. The Balaban J connectivity index is 1.25. The first-order chi connectivity index (χ1) is 14.2. The number of hydrogen-bond acceptors (Lipinski definition) is 5. The van der Waals surface area contributed by atoms with Gasteiger partial charge in [0.1, 0.15) is 12.6 Å².